The molecular weight excluding hydrogens is 298 g/mol. The van der Waals surface area contributed by atoms with Crippen molar-refractivity contribution >= 4 is 6.16 Å². The van der Waals surface area contributed by atoms with Crippen LogP contribution in [-0.4, -0.2) is 20.4 Å². The third-order valence-electron chi connectivity index (χ3n) is 2.65. The van der Waals surface area contributed by atoms with Crippen LogP contribution in [0.5, 0.6) is 23.0 Å². The highest BCUT2D eigenvalue weighted by Crippen LogP contribution is 2.24. The van der Waals surface area contributed by atoms with Crippen LogP contribution in [0, 0.1) is 11.6 Å². The summed E-state index contributed by atoms with van der Waals surface area (Å²) in [5, 5.41) is 0. The van der Waals surface area contributed by atoms with E-state index in [0.29, 0.717) is 0 Å². The molecule has 116 valence electrons. The first-order valence-electron chi connectivity index (χ1n) is 6.10. The molecule has 0 aromatic heterocycles. The molecule has 0 saturated heterocycles. The first kappa shape index (κ1) is 15.6. The van der Waals surface area contributed by atoms with E-state index >= 15 is 0 Å². The van der Waals surface area contributed by atoms with Crippen molar-refractivity contribution in [3.63, 3.8) is 0 Å². The SMILES string of the molecule is COc1ccc(OC(=O)Oc2ccc(OC)c(F)c2)cc1F. The van der Waals surface area contributed by atoms with E-state index in [1.165, 1.54) is 38.5 Å². The molecule has 0 atom stereocenters. The van der Waals surface area contributed by atoms with Gasteiger partial charge < -0.3 is 18.9 Å². The molecule has 7 heteroatoms. The molecule has 5 nitrogen and oxygen atoms in total. The van der Waals surface area contributed by atoms with Gasteiger partial charge in [-0.05, 0) is 24.3 Å². The van der Waals surface area contributed by atoms with Gasteiger partial charge in [0, 0.05) is 12.1 Å². The molecule has 0 unspecified atom stereocenters. The predicted octanol–water partition coefficient (Wildman–Crippen LogP) is 3.56. The Bertz CT molecular complexity index is 630. The second-order valence-electron chi connectivity index (χ2n) is 4.05. The largest absolute Gasteiger partial charge is 0.519 e. The lowest BCUT2D eigenvalue weighted by Gasteiger charge is -2.08. The Hall–Kier alpha value is -2.83. The van der Waals surface area contributed by atoms with Gasteiger partial charge in [0.1, 0.15) is 11.5 Å². The van der Waals surface area contributed by atoms with Crippen LogP contribution < -0.4 is 18.9 Å². The number of halogens is 2. The molecule has 0 spiro atoms. The number of hydrogen-bond donors (Lipinski definition) is 0. The number of benzene rings is 2. The van der Waals surface area contributed by atoms with Gasteiger partial charge in [-0.3, -0.25) is 0 Å². The Balaban J connectivity index is 2.04. The van der Waals surface area contributed by atoms with Crippen LogP contribution >= 0.6 is 0 Å². The Labute approximate surface area is 125 Å². The fourth-order valence-electron chi connectivity index (χ4n) is 1.63. The summed E-state index contributed by atoms with van der Waals surface area (Å²) in [4.78, 5) is 11.6. The van der Waals surface area contributed by atoms with Crippen LogP contribution in [0.4, 0.5) is 13.6 Å². The van der Waals surface area contributed by atoms with Crippen LogP contribution in [0.2, 0.25) is 0 Å². The van der Waals surface area contributed by atoms with Crippen LogP contribution in [0.3, 0.4) is 0 Å². The summed E-state index contributed by atoms with van der Waals surface area (Å²) in [6.07, 6.45) is -1.13. The van der Waals surface area contributed by atoms with Crippen LogP contribution in [0.1, 0.15) is 0 Å². The average Bonchev–Trinajstić information content (AvgIpc) is 2.47. The minimum atomic E-state index is -1.13. The third kappa shape index (κ3) is 3.63. The van der Waals surface area contributed by atoms with E-state index < -0.39 is 17.8 Å². The van der Waals surface area contributed by atoms with Crippen LogP contribution in [-0.2, 0) is 0 Å². The topological polar surface area (TPSA) is 54.0 Å². The summed E-state index contributed by atoms with van der Waals surface area (Å²) >= 11 is 0. The minimum absolute atomic E-state index is 0.0120. The van der Waals surface area contributed by atoms with E-state index in [2.05, 4.69) is 0 Å². The zero-order valence-corrected chi connectivity index (χ0v) is 11.8. The van der Waals surface area contributed by atoms with Crippen molar-refractivity contribution in [3.8, 4) is 23.0 Å². The number of hydrogen-bond acceptors (Lipinski definition) is 5. The lowest BCUT2D eigenvalue weighted by Crippen LogP contribution is -2.14. The Kier molecular flexibility index (Phi) is 4.77. The predicted molar refractivity (Wildman–Crippen MR) is 72.6 cm³/mol. The monoisotopic (exact) mass is 310 g/mol. The molecular formula is C15H12F2O5. The summed E-state index contributed by atoms with van der Waals surface area (Å²) in [6, 6.07) is 7.19. The second kappa shape index (κ2) is 6.75. The normalized spacial score (nSPS) is 10.0. The van der Waals surface area contributed by atoms with Crippen molar-refractivity contribution in [2.24, 2.45) is 0 Å². The zero-order valence-electron chi connectivity index (χ0n) is 11.8. The quantitative estimate of drug-likeness (QED) is 0.638. The maximum Gasteiger partial charge on any atom is 0.519 e. The van der Waals surface area contributed by atoms with Crippen molar-refractivity contribution in [1.29, 1.82) is 0 Å². The first-order chi connectivity index (χ1) is 10.5. The lowest BCUT2D eigenvalue weighted by atomic mass is 10.3. The molecule has 0 radical (unpaired) electrons. The van der Waals surface area contributed by atoms with Gasteiger partial charge in [0.05, 0.1) is 14.2 Å². The van der Waals surface area contributed by atoms with Gasteiger partial charge in [-0.25, -0.2) is 13.6 Å². The molecule has 0 fully saturated rings. The standard InChI is InChI=1S/C15H12F2O5/c1-19-13-5-3-9(7-11(13)16)21-15(18)22-10-4-6-14(20-2)12(17)8-10/h3-8H,1-2H3. The average molecular weight is 310 g/mol. The van der Waals surface area contributed by atoms with Crippen molar-refractivity contribution in [2.75, 3.05) is 14.2 Å². The second-order valence-corrected chi connectivity index (χ2v) is 4.05. The van der Waals surface area contributed by atoms with Crippen LogP contribution in [0.15, 0.2) is 36.4 Å². The maximum absolute atomic E-state index is 13.4. The molecule has 0 aliphatic rings. The Morgan fingerprint density at radius 3 is 1.55 bits per heavy atom. The van der Waals surface area contributed by atoms with Gasteiger partial charge in [0.2, 0.25) is 0 Å². The van der Waals surface area contributed by atoms with Gasteiger partial charge in [0.25, 0.3) is 0 Å². The minimum Gasteiger partial charge on any atom is -0.494 e. The van der Waals surface area contributed by atoms with Gasteiger partial charge in [0.15, 0.2) is 23.1 Å². The van der Waals surface area contributed by atoms with E-state index in [9.17, 15) is 13.6 Å². The number of carbonyl (C=O) groups is 1. The third-order valence-corrected chi connectivity index (χ3v) is 2.65. The number of carbonyl (C=O) groups excluding carboxylic acids is 1. The molecule has 0 saturated carbocycles. The Morgan fingerprint density at radius 2 is 1.23 bits per heavy atom. The van der Waals surface area contributed by atoms with E-state index in [1.807, 2.05) is 0 Å². The van der Waals surface area contributed by atoms with Gasteiger partial charge in [-0.15, -0.1) is 0 Å². The van der Waals surface area contributed by atoms with Crippen molar-refractivity contribution in [3.05, 3.63) is 48.0 Å². The smallest absolute Gasteiger partial charge is 0.494 e. The van der Waals surface area contributed by atoms with Gasteiger partial charge in [-0.2, -0.15) is 0 Å². The Morgan fingerprint density at radius 1 is 0.818 bits per heavy atom. The van der Waals surface area contributed by atoms with Crippen molar-refractivity contribution < 1.29 is 32.5 Å². The summed E-state index contributed by atoms with van der Waals surface area (Å²) < 4.78 is 45.9. The lowest BCUT2D eigenvalue weighted by molar-refractivity contribution is 0.151. The molecule has 0 aliphatic carbocycles. The highest BCUT2D eigenvalue weighted by molar-refractivity contribution is 5.67. The van der Waals surface area contributed by atoms with E-state index in [4.69, 9.17) is 18.9 Å². The van der Waals surface area contributed by atoms with Gasteiger partial charge in [-0.1, -0.05) is 0 Å². The summed E-state index contributed by atoms with van der Waals surface area (Å²) in [7, 11) is 2.62. The highest BCUT2D eigenvalue weighted by Gasteiger charge is 2.12. The molecule has 0 amide bonds. The number of rotatable bonds is 4. The summed E-state index contributed by atoms with van der Waals surface area (Å²) in [6.45, 7) is 0. The molecule has 0 bridgehead atoms. The van der Waals surface area contributed by atoms with E-state index in [1.54, 1.807) is 0 Å². The number of ether oxygens (including phenoxy) is 4. The van der Waals surface area contributed by atoms with Crippen molar-refractivity contribution in [2.45, 2.75) is 0 Å². The fraction of sp³-hybridized carbons (Fsp3) is 0.133. The number of methoxy groups -OCH3 is 2. The van der Waals surface area contributed by atoms with E-state index in [-0.39, 0.29) is 23.0 Å². The molecule has 2 aromatic rings. The van der Waals surface area contributed by atoms with Gasteiger partial charge >= 0.3 is 6.16 Å². The molecule has 22 heavy (non-hydrogen) atoms. The molecule has 2 aromatic carbocycles. The molecule has 0 N–H and O–H groups in total. The first-order valence-corrected chi connectivity index (χ1v) is 6.10. The fourth-order valence-corrected chi connectivity index (χ4v) is 1.63. The molecule has 0 heterocycles. The van der Waals surface area contributed by atoms with Crippen molar-refractivity contribution in [1.82, 2.24) is 0 Å². The summed E-state index contributed by atoms with van der Waals surface area (Å²) in [5.74, 6) is -1.50. The summed E-state index contributed by atoms with van der Waals surface area (Å²) in [5.41, 5.74) is 0. The van der Waals surface area contributed by atoms with E-state index in [0.717, 1.165) is 12.1 Å². The molecule has 2 rings (SSSR count). The maximum atomic E-state index is 13.4. The van der Waals surface area contributed by atoms with Crippen LogP contribution in [0.25, 0.3) is 0 Å². The highest BCUT2D eigenvalue weighted by atomic mass is 19.1. The molecule has 0 aliphatic heterocycles. The zero-order chi connectivity index (χ0) is 16.1.